The summed E-state index contributed by atoms with van der Waals surface area (Å²) in [5.41, 5.74) is 0.508. The van der Waals surface area contributed by atoms with Gasteiger partial charge >= 0.3 is 5.97 Å². The van der Waals surface area contributed by atoms with Crippen LogP contribution in [0.1, 0.15) is 10.6 Å². The lowest BCUT2D eigenvalue weighted by Crippen LogP contribution is -1.91. The number of halogens is 1. The molecule has 0 saturated heterocycles. The van der Waals surface area contributed by atoms with Crippen molar-refractivity contribution in [2.75, 3.05) is 7.11 Å². The topological polar surface area (TPSA) is 59.7 Å². The van der Waals surface area contributed by atoms with Crippen molar-refractivity contribution in [2.24, 2.45) is 0 Å². The van der Waals surface area contributed by atoms with Crippen molar-refractivity contribution >= 4 is 32.9 Å². The van der Waals surface area contributed by atoms with Crippen molar-refractivity contribution in [1.29, 1.82) is 0 Å². The summed E-state index contributed by atoms with van der Waals surface area (Å²) in [5, 5.41) is 9.46. The fourth-order valence-electron chi connectivity index (χ4n) is 1.31. The summed E-state index contributed by atoms with van der Waals surface area (Å²) in [6.07, 6.45) is 0. The summed E-state index contributed by atoms with van der Waals surface area (Å²) in [5.74, 6) is -0.525. The molecule has 0 radical (unpaired) electrons. The van der Waals surface area contributed by atoms with Gasteiger partial charge in [-0.15, -0.1) is 0 Å². The smallest absolute Gasteiger partial charge is 0.371 e. The Morgan fingerprint density at radius 1 is 1.47 bits per heavy atom. The van der Waals surface area contributed by atoms with Crippen LogP contribution in [-0.4, -0.2) is 18.2 Å². The summed E-state index contributed by atoms with van der Waals surface area (Å²) >= 11 is 3.28. The van der Waals surface area contributed by atoms with Crippen LogP contribution in [0.3, 0.4) is 0 Å². The number of fused-ring (bicyclic) bond motifs is 1. The van der Waals surface area contributed by atoms with E-state index in [1.165, 1.54) is 6.07 Å². The largest absolute Gasteiger partial charge is 0.497 e. The van der Waals surface area contributed by atoms with Gasteiger partial charge in [-0.25, -0.2) is 4.79 Å². The van der Waals surface area contributed by atoms with Crippen LogP contribution >= 0.6 is 15.9 Å². The zero-order valence-corrected chi connectivity index (χ0v) is 9.37. The Morgan fingerprint density at radius 2 is 2.20 bits per heavy atom. The Kier molecular flexibility index (Phi) is 2.40. The maximum absolute atomic E-state index is 10.7. The maximum atomic E-state index is 10.7. The number of furan rings is 1. The van der Waals surface area contributed by atoms with E-state index >= 15 is 0 Å². The van der Waals surface area contributed by atoms with E-state index in [1.54, 1.807) is 19.2 Å². The molecular formula is C10H7BrO4. The van der Waals surface area contributed by atoms with Gasteiger partial charge in [0.15, 0.2) is 0 Å². The molecule has 15 heavy (non-hydrogen) atoms. The number of carbonyl (C=O) groups is 1. The Morgan fingerprint density at radius 3 is 2.80 bits per heavy atom. The lowest BCUT2D eigenvalue weighted by atomic mass is 10.2. The molecule has 0 aliphatic carbocycles. The minimum absolute atomic E-state index is 0.0843. The Hall–Kier alpha value is -1.49. The highest BCUT2D eigenvalue weighted by Crippen LogP contribution is 2.31. The van der Waals surface area contributed by atoms with Crippen LogP contribution in [0.15, 0.2) is 27.1 Å². The van der Waals surface area contributed by atoms with E-state index in [2.05, 4.69) is 15.9 Å². The van der Waals surface area contributed by atoms with Crippen LogP contribution in [0.2, 0.25) is 0 Å². The van der Waals surface area contributed by atoms with Gasteiger partial charge < -0.3 is 14.3 Å². The molecule has 2 rings (SSSR count). The summed E-state index contributed by atoms with van der Waals surface area (Å²) in [6, 6.07) is 4.90. The van der Waals surface area contributed by atoms with Crippen molar-refractivity contribution in [3.63, 3.8) is 0 Å². The molecule has 0 fully saturated rings. The van der Waals surface area contributed by atoms with Crippen molar-refractivity contribution in [3.8, 4) is 5.75 Å². The number of benzene rings is 1. The first-order chi connectivity index (χ1) is 7.11. The van der Waals surface area contributed by atoms with E-state index < -0.39 is 5.97 Å². The van der Waals surface area contributed by atoms with Crippen LogP contribution in [0.25, 0.3) is 11.0 Å². The third-order valence-corrected chi connectivity index (χ3v) is 2.58. The summed E-state index contributed by atoms with van der Waals surface area (Å²) in [4.78, 5) is 10.7. The molecule has 1 heterocycles. The van der Waals surface area contributed by atoms with Gasteiger partial charge in [-0.1, -0.05) is 0 Å². The fraction of sp³-hybridized carbons (Fsp3) is 0.100. The highest BCUT2D eigenvalue weighted by Gasteiger charge is 2.13. The average molecular weight is 271 g/mol. The van der Waals surface area contributed by atoms with Crippen molar-refractivity contribution < 1.29 is 19.1 Å². The second-order valence-corrected chi connectivity index (χ2v) is 3.80. The molecular weight excluding hydrogens is 264 g/mol. The molecule has 0 unspecified atom stereocenters. The van der Waals surface area contributed by atoms with Gasteiger partial charge in [-0.05, 0) is 34.1 Å². The van der Waals surface area contributed by atoms with Gasteiger partial charge in [0.1, 0.15) is 11.3 Å². The van der Waals surface area contributed by atoms with Crippen LogP contribution in [0, 0.1) is 0 Å². The number of carboxylic acids is 1. The number of carboxylic acid groups (broad SMARTS) is 1. The molecule has 78 valence electrons. The Balaban J connectivity index is 2.69. The number of methoxy groups -OCH3 is 1. The molecule has 0 aliphatic heterocycles. The molecule has 0 bridgehead atoms. The van der Waals surface area contributed by atoms with E-state index in [1.807, 2.05) is 0 Å². The summed E-state index contributed by atoms with van der Waals surface area (Å²) in [6.45, 7) is 0. The molecule has 0 aliphatic rings. The van der Waals surface area contributed by atoms with Gasteiger partial charge in [0.2, 0.25) is 5.76 Å². The van der Waals surface area contributed by atoms with Gasteiger partial charge in [-0.3, -0.25) is 0 Å². The van der Waals surface area contributed by atoms with Gasteiger partial charge in [0.05, 0.1) is 11.6 Å². The van der Waals surface area contributed by atoms with Crippen LogP contribution in [-0.2, 0) is 0 Å². The molecule has 0 atom stereocenters. The first-order valence-electron chi connectivity index (χ1n) is 4.12. The Labute approximate surface area is 93.6 Å². The number of aromatic carboxylic acids is 1. The molecule has 0 amide bonds. The second-order valence-electron chi connectivity index (χ2n) is 2.94. The SMILES string of the molecule is COc1cc(Br)c2oc(C(=O)O)cc2c1. The van der Waals surface area contributed by atoms with Crippen LogP contribution in [0.5, 0.6) is 5.75 Å². The molecule has 5 heteroatoms. The minimum atomic E-state index is -1.09. The van der Waals surface area contributed by atoms with Crippen molar-refractivity contribution in [3.05, 3.63) is 28.4 Å². The highest BCUT2D eigenvalue weighted by atomic mass is 79.9. The van der Waals surface area contributed by atoms with Crippen LogP contribution < -0.4 is 4.74 Å². The van der Waals surface area contributed by atoms with Gasteiger partial charge in [-0.2, -0.15) is 0 Å². The zero-order valence-electron chi connectivity index (χ0n) is 7.78. The fourth-order valence-corrected chi connectivity index (χ4v) is 1.84. The van der Waals surface area contributed by atoms with E-state index in [0.717, 1.165) is 0 Å². The van der Waals surface area contributed by atoms with Crippen molar-refractivity contribution in [1.82, 2.24) is 0 Å². The third-order valence-electron chi connectivity index (χ3n) is 1.99. The van der Waals surface area contributed by atoms with Gasteiger partial charge in [0.25, 0.3) is 0 Å². The summed E-state index contributed by atoms with van der Waals surface area (Å²) in [7, 11) is 1.55. The van der Waals surface area contributed by atoms with E-state index in [-0.39, 0.29) is 5.76 Å². The number of ether oxygens (including phenoxy) is 1. The second kappa shape index (κ2) is 3.58. The molecule has 2 aromatic rings. The third kappa shape index (κ3) is 1.70. The minimum Gasteiger partial charge on any atom is -0.497 e. The lowest BCUT2D eigenvalue weighted by molar-refractivity contribution is 0.0665. The standard InChI is InChI=1S/C10H7BrO4/c1-14-6-2-5-3-8(10(12)13)15-9(5)7(11)4-6/h2-4H,1H3,(H,12,13). The van der Waals surface area contributed by atoms with E-state index in [4.69, 9.17) is 14.3 Å². The predicted octanol–water partition coefficient (Wildman–Crippen LogP) is 2.90. The molecule has 0 spiro atoms. The monoisotopic (exact) mass is 270 g/mol. The number of hydrogen-bond donors (Lipinski definition) is 1. The maximum Gasteiger partial charge on any atom is 0.371 e. The van der Waals surface area contributed by atoms with E-state index in [9.17, 15) is 4.79 Å². The van der Waals surface area contributed by atoms with Gasteiger partial charge in [0, 0.05) is 5.39 Å². The average Bonchev–Trinajstić information content (AvgIpc) is 2.61. The number of rotatable bonds is 2. The molecule has 1 N–H and O–H groups in total. The van der Waals surface area contributed by atoms with Crippen molar-refractivity contribution in [2.45, 2.75) is 0 Å². The first kappa shape index (κ1) is 10.0. The zero-order chi connectivity index (χ0) is 11.0. The lowest BCUT2D eigenvalue weighted by Gasteiger charge is -1.99. The molecule has 1 aromatic carbocycles. The number of hydrogen-bond acceptors (Lipinski definition) is 3. The first-order valence-corrected chi connectivity index (χ1v) is 4.91. The highest BCUT2D eigenvalue weighted by molar-refractivity contribution is 9.10. The predicted molar refractivity (Wildman–Crippen MR) is 57.4 cm³/mol. The quantitative estimate of drug-likeness (QED) is 0.912. The molecule has 4 nitrogen and oxygen atoms in total. The molecule has 1 aromatic heterocycles. The Bertz CT molecular complexity index is 529. The molecule has 0 saturated carbocycles. The normalized spacial score (nSPS) is 10.5. The van der Waals surface area contributed by atoms with E-state index in [0.29, 0.717) is 21.2 Å². The van der Waals surface area contributed by atoms with Crippen LogP contribution in [0.4, 0.5) is 0 Å². The summed E-state index contributed by atoms with van der Waals surface area (Å²) < 4.78 is 10.9.